The number of benzene rings is 1. The SMILES string of the molecule is ClC1(c2ccc3[nH]c[c]c3c2)CC1. The average molecular weight is 191 g/mol. The smallest absolute Gasteiger partial charge is 0.0696 e. The van der Waals surface area contributed by atoms with E-state index in [2.05, 4.69) is 29.2 Å². The summed E-state index contributed by atoms with van der Waals surface area (Å²) in [7, 11) is 0. The van der Waals surface area contributed by atoms with Crippen molar-refractivity contribution in [3.63, 3.8) is 0 Å². The second-order valence-corrected chi connectivity index (χ2v) is 4.38. The number of alkyl halides is 1. The van der Waals surface area contributed by atoms with Gasteiger partial charge in [0, 0.05) is 23.2 Å². The van der Waals surface area contributed by atoms with E-state index < -0.39 is 0 Å². The highest BCUT2D eigenvalue weighted by molar-refractivity contribution is 6.26. The largest absolute Gasteiger partial charge is 0.361 e. The van der Waals surface area contributed by atoms with Gasteiger partial charge in [-0.2, -0.15) is 0 Å². The Morgan fingerprint density at radius 3 is 3.00 bits per heavy atom. The Morgan fingerprint density at radius 2 is 2.23 bits per heavy atom. The third-order valence-electron chi connectivity index (χ3n) is 2.68. The van der Waals surface area contributed by atoms with Gasteiger partial charge in [-0.3, -0.25) is 0 Å². The predicted octanol–water partition coefficient (Wildman–Crippen LogP) is 3.20. The average Bonchev–Trinajstić information content (AvgIpc) is 2.74. The number of nitrogens with one attached hydrogen (secondary N) is 1. The molecular weight excluding hydrogens is 182 g/mol. The Bertz CT molecular complexity index is 454. The number of hydrogen-bond acceptors (Lipinski definition) is 0. The van der Waals surface area contributed by atoms with Crippen LogP contribution in [0.1, 0.15) is 18.4 Å². The normalized spacial score (nSPS) is 19.2. The molecule has 1 fully saturated rings. The molecule has 1 radical (unpaired) electrons. The van der Waals surface area contributed by atoms with Crippen molar-refractivity contribution in [1.29, 1.82) is 0 Å². The first-order valence-corrected chi connectivity index (χ1v) is 4.84. The number of aromatic nitrogens is 1. The van der Waals surface area contributed by atoms with Gasteiger partial charge < -0.3 is 4.98 Å². The van der Waals surface area contributed by atoms with Crippen LogP contribution in [0, 0.1) is 6.07 Å². The van der Waals surface area contributed by atoms with E-state index in [0.717, 1.165) is 23.7 Å². The van der Waals surface area contributed by atoms with Gasteiger partial charge in [-0.15, -0.1) is 11.6 Å². The lowest BCUT2D eigenvalue weighted by molar-refractivity contribution is 1.02. The highest BCUT2D eigenvalue weighted by Gasteiger charge is 2.42. The Kier molecular flexibility index (Phi) is 1.32. The van der Waals surface area contributed by atoms with E-state index in [0.29, 0.717) is 0 Å². The van der Waals surface area contributed by atoms with E-state index in [1.54, 1.807) is 0 Å². The predicted molar refractivity (Wildman–Crippen MR) is 53.9 cm³/mol. The Labute approximate surface area is 81.7 Å². The molecule has 1 nitrogen and oxygen atoms in total. The van der Waals surface area contributed by atoms with Crippen LogP contribution in [-0.2, 0) is 4.87 Å². The number of fused-ring (bicyclic) bond motifs is 1. The number of rotatable bonds is 1. The lowest BCUT2D eigenvalue weighted by Gasteiger charge is -2.05. The van der Waals surface area contributed by atoms with Crippen LogP contribution in [0.2, 0.25) is 0 Å². The van der Waals surface area contributed by atoms with Gasteiger partial charge in [0.25, 0.3) is 0 Å². The summed E-state index contributed by atoms with van der Waals surface area (Å²) in [6.07, 6.45) is 4.04. The van der Waals surface area contributed by atoms with Crippen LogP contribution in [0.4, 0.5) is 0 Å². The van der Waals surface area contributed by atoms with E-state index in [-0.39, 0.29) is 4.87 Å². The van der Waals surface area contributed by atoms with E-state index in [4.69, 9.17) is 11.6 Å². The minimum Gasteiger partial charge on any atom is -0.361 e. The quantitative estimate of drug-likeness (QED) is 0.665. The second kappa shape index (κ2) is 2.30. The minimum absolute atomic E-state index is 0.0563. The van der Waals surface area contributed by atoms with Crippen molar-refractivity contribution >= 4 is 22.5 Å². The Balaban J connectivity index is 2.20. The minimum atomic E-state index is -0.0563. The summed E-state index contributed by atoms with van der Waals surface area (Å²) in [4.78, 5) is 3.06. The summed E-state index contributed by atoms with van der Waals surface area (Å²) < 4.78 is 0. The Morgan fingerprint density at radius 1 is 1.38 bits per heavy atom. The van der Waals surface area contributed by atoms with E-state index in [1.165, 1.54) is 5.56 Å². The van der Waals surface area contributed by atoms with Crippen LogP contribution in [0.15, 0.2) is 24.4 Å². The molecule has 0 unspecified atom stereocenters. The number of H-pyrrole nitrogens is 1. The monoisotopic (exact) mass is 190 g/mol. The van der Waals surface area contributed by atoms with Crippen molar-refractivity contribution in [2.75, 3.05) is 0 Å². The van der Waals surface area contributed by atoms with Gasteiger partial charge in [0.15, 0.2) is 0 Å². The van der Waals surface area contributed by atoms with Gasteiger partial charge in [0.2, 0.25) is 0 Å². The molecule has 0 saturated heterocycles. The van der Waals surface area contributed by atoms with Gasteiger partial charge in [0.05, 0.1) is 4.87 Å². The molecule has 2 aromatic rings. The van der Waals surface area contributed by atoms with E-state index >= 15 is 0 Å². The molecule has 1 aliphatic carbocycles. The van der Waals surface area contributed by atoms with Gasteiger partial charge in [-0.1, -0.05) is 6.07 Å². The molecule has 1 aromatic heterocycles. The van der Waals surface area contributed by atoms with Gasteiger partial charge in [-0.05, 0) is 30.5 Å². The van der Waals surface area contributed by atoms with Crippen molar-refractivity contribution in [3.05, 3.63) is 36.0 Å². The molecule has 13 heavy (non-hydrogen) atoms. The fourth-order valence-electron chi connectivity index (χ4n) is 1.66. The van der Waals surface area contributed by atoms with E-state index in [1.807, 2.05) is 6.20 Å². The molecule has 65 valence electrons. The first-order valence-electron chi connectivity index (χ1n) is 4.46. The van der Waals surface area contributed by atoms with Crippen LogP contribution >= 0.6 is 11.6 Å². The lowest BCUT2D eigenvalue weighted by atomic mass is 10.1. The summed E-state index contributed by atoms with van der Waals surface area (Å²) >= 11 is 6.31. The second-order valence-electron chi connectivity index (χ2n) is 3.66. The van der Waals surface area contributed by atoms with Crippen LogP contribution in [0.5, 0.6) is 0 Å². The molecule has 0 bridgehead atoms. The molecular formula is C11H9ClN. The standard InChI is InChI=1S/C11H9ClN/c12-11(4-5-11)9-1-2-10-8(7-9)3-6-13-10/h1-2,6-7,13H,4-5H2. The van der Waals surface area contributed by atoms with Crippen molar-refractivity contribution in [2.45, 2.75) is 17.7 Å². The van der Waals surface area contributed by atoms with Crippen molar-refractivity contribution in [1.82, 2.24) is 4.98 Å². The number of aromatic amines is 1. The highest BCUT2D eigenvalue weighted by atomic mass is 35.5. The molecule has 1 heterocycles. The maximum Gasteiger partial charge on any atom is 0.0696 e. The molecule has 0 spiro atoms. The van der Waals surface area contributed by atoms with Crippen molar-refractivity contribution in [2.24, 2.45) is 0 Å². The van der Waals surface area contributed by atoms with Crippen molar-refractivity contribution in [3.8, 4) is 0 Å². The van der Waals surface area contributed by atoms with Gasteiger partial charge in [0.1, 0.15) is 0 Å². The highest BCUT2D eigenvalue weighted by Crippen LogP contribution is 2.52. The maximum absolute atomic E-state index is 6.31. The van der Waals surface area contributed by atoms with Crippen LogP contribution in [0.3, 0.4) is 0 Å². The van der Waals surface area contributed by atoms with Gasteiger partial charge in [-0.25, -0.2) is 0 Å². The van der Waals surface area contributed by atoms with Crippen LogP contribution < -0.4 is 0 Å². The summed E-state index contributed by atoms with van der Waals surface area (Å²) in [6, 6.07) is 9.45. The van der Waals surface area contributed by atoms with Crippen LogP contribution in [-0.4, -0.2) is 4.98 Å². The molecule has 1 aromatic carbocycles. The topological polar surface area (TPSA) is 15.8 Å². The number of hydrogen-bond donors (Lipinski definition) is 1. The molecule has 2 heteroatoms. The lowest BCUT2D eigenvalue weighted by Crippen LogP contribution is -1.94. The molecule has 3 rings (SSSR count). The third kappa shape index (κ3) is 1.07. The molecule has 1 aliphatic rings. The zero-order valence-corrected chi connectivity index (χ0v) is 7.86. The fourth-order valence-corrected chi connectivity index (χ4v) is 1.87. The molecule has 1 N–H and O–H groups in total. The third-order valence-corrected chi connectivity index (χ3v) is 3.28. The first kappa shape index (κ1) is 7.45. The fraction of sp³-hybridized carbons (Fsp3) is 0.273. The summed E-state index contributed by atoms with van der Waals surface area (Å²) in [6.45, 7) is 0. The Hall–Kier alpha value is -0.950. The molecule has 0 amide bonds. The zero-order valence-electron chi connectivity index (χ0n) is 7.10. The molecule has 0 aliphatic heterocycles. The maximum atomic E-state index is 6.31. The van der Waals surface area contributed by atoms with Gasteiger partial charge >= 0.3 is 0 Å². The summed E-state index contributed by atoms with van der Waals surface area (Å²) in [5.41, 5.74) is 2.36. The summed E-state index contributed by atoms with van der Waals surface area (Å²) in [5, 5.41) is 1.13. The van der Waals surface area contributed by atoms with E-state index in [9.17, 15) is 0 Å². The molecule has 1 saturated carbocycles. The first-order chi connectivity index (χ1) is 6.28. The number of halogens is 1. The molecule has 0 atom stereocenters. The van der Waals surface area contributed by atoms with Crippen molar-refractivity contribution < 1.29 is 0 Å². The summed E-state index contributed by atoms with van der Waals surface area (Å²) in [5.74, 6) is 0. The zero-order chi connectivity index (χ0) is 8.89. The van der Waals surface area contributed by atoms with Crippen LogP contribution in [0.25, 0.3) is 10.9 Å².